The molecule has 0 heterocycles. The number of nitrogens with zero attached hydrogens (tertiary/aromatic N) is 1. The molecule has 0 radical (unpaired) electrons. The van der Waals surface area contributed by atoms with Crippen LogP contribution in [0.3, 0.4) is 0 Å². The van der Waals surface area contributed by atoms with E-state index in [0.717, 1.165) is 16.7 Å². The molecule has 0 bridgehead atoms. The van der Waals surface area contributed by atoms with Crippen LogP contribution in [-0.2, 0) is 16.8 Å². The van der Waals surface area contributed by atoms with E-state index in [2.05, 4.69) is 55.3 Å². The monoisotopic (exact) mass is 382 g/mol. The second-order valence-electron chi connectivity index (χ2n) is 7.58. The summed E-state index contributed by atoms with van der Waals surface area (Å²) in [4.78, 5) is 16.6. The molecule has 0 aliphatic heterocycles. The summed E-state index contributed by atoms with van der Waals surface area (Å²) >= 11 is 5.98. The number of aliphatic imine (C=N–C) groups is 1. The topological polar surface area (TPSA) is 41.5 Å². The second-order valence-corrected chi connectivity index (χ2v) is 8.01. The van der Waals surface area contributed by atoms with Crippen molar-refractivity contribution in [2.75, 3.05) is 7.05 Å². The molecule has 2 rings (SSSR count). The molecule has 142 valence electrons. The minimum Gasteiger partial charge on any atom is -0.347 e. The first kappa shape index (κ1) is 20.9. The zero-order chi connectivity index (χ0) is 20.0. The molecule has 1 N–H and O–H groups in total. The van der Waals surface area contributed by atoms with Gasteiger partial charge in [-0.25, -0.2) is 0 Å². The van der Waals surface area contributed by atoms with E-state index >= 15 is 0 Å². The third-order valence-corrected chi connectivity index (χ3v) is 4.61. The molecule has 2 aromatic carbocycles. The summed E-state index contributed by atoms with van der Waals surface area (Å²) in [5.41, 5.74) is 4.81. The third-order valence-electron chi connectivity index (χ3n) is 4.38. The molecule has 0 unspecified atom stereocenters. The van der Waals surface area contributed by atoms with Crippen molar-refractivity contribution in [1.82, 2.24) is 5.32 Å². The number of carbonyl (C=O) groups is 1. The van der Waals surface area contributed by atoms with Crippen LogP contribution in [0.4, 0.5) is 0 Å². The van der Waals surface area contributed by atoms with Crippen LogP contribution in [0.15, 0.2) is 59.6 Å². The normalized spacial score (nSPS) is 12.8. The number of nitrogens with one attached hydrogen (secondary N) is 1. The van der Waals surface area contributed by atoms with Gasteiger partial charge >= 0.3 is 0 Å². The molecule has 3 nitrogen and oxygen atoms in total. The van der Waals surface area contributed by atoms with Crippen molar-refractivity contribution in [3.05, 3.63) is 76.3 Å². The molecule has 0 fully saturated rings. The molecule has 2 aromatic rings. The fourth-order valence-corrected chi connectivity index (χ4v) is 2.89. The van der Waals surface area contributed by atoms with Crippen LogP contribution >= 0.6 is 11.6 Å². The van der Waals surface area contributed by atoms with Gasteiger partial charge in [-0.3, -0.25) is 9.79 Å². The Morgan fingerprint density at radius 3 is 2.37 bits per heavy atom. The average Bonchev–Trinajstić information content (AvgIpc) is 2.63. The molecule has 1 amide bonds. The average molecular weight is 383 g/mol. The van der Waals surface area contributed by atoms with E-state index in [9.17, 15) is 4.79 Å². The lowest BCUT2D eigenvalue weighted by atomic mass is 9.86. The van der Waals surface area contributed by atoms with E-state index in [1.165, 1.54) is 5.56 Å². The third kappa shape index (κ3) is 6.07. The Balaban J connectivity index is 2.08. The summed E-state index contributed by atoms with van der Waals surface area (Å²) in [6.07, 6.45) is 1.82. The fraction of sp³-hybridized carbons (Fsp3) is 0.304. The lowest BCUT2D eigenvalue weighted by molar-refractivity contribution is -0.114. The molecule has 0 saturated heterocycles. The lowest BCUT2D eigenvalue weighted by Crippen LogP contribution is -2.29. The number of halogens is 1. The minimum atomic E-state index is -0.205. The summed E-state index contributed by atoms with van der Waals surface area (Å²) in [7, 11) is 1.63. The molecular formula is C23H27ClN2O. The molecular weight excluding hydrogens is 356 g/mol. The predicted molar refractivity (Wildman–Crippen MR) is 115 cm³/mol. The first-order valence-corrected chi connectivity index (χ1v) is 9.37. The van der Waals surface area contributed by atoms with Gasteiger partial charge < -0.3 is 5.32 Å². The van der Waals surface area contributed by atoms with E-state index in [1.807, 2.05) is 37.3 Å². The van der Waals surface area contributed by atoms with Crippen LogP contribution in [-0.4, -0.2) is 18.7 Å². The van der Waals surface area contributed by atoms with Crippen LogP contribution in [0.1, 0.15) is 44.4 Å². The van der Waals surface area contributed by atoms with Gasteiger partial charge in [0.05, 0.1) is 0 Å². The fourth-order valence-electron chi connectivity index (χ4n) is 2.67. The smallest absolute Gasteiger partial charge is 0.269 e. The number of benzene rings is 2. The largest absolute Gasteiger partial charge is 0.347 e. The summed E-state index contributed by atoms with van der Waals surface area (Å²) in [6, 6.07) is 15.9. The number of hydrogen-bond acceptors (Lipinski definition) is 2. The SMILES string of the molecule is C/N=C(\C=C(/C)c1ccc(C(C)(C)C)cc1)C(=O)NCc1cccc(Cl)c1. The van der Waals surface area contributed by atoms with Crippen molar-refractivity contribution in [3.63, 3.8) is 0 Å². The van der Waals surface area contributed by atoms with Crippen molar-refractivity contribution in [2.45, 2.75) is 39.7 Å². The highest BCUT2D eigenvalue weighted by Gasteiger charge is 2.13. The molecule has 0 aliphatic carbocycles. The molecule has 0 atom stereocenters. The van der Waals surface area contributed by atoms with Gasteiger partial charge in [0.15, 0.2) is 0 Å². The molecule has 0 saturated carbocycles. The van der Waals surface area contributed by atoms with Crippen LogP contribution < -0.4 is 5.32 Å². The van der Waals surface area contributed by atoms with Crippen LogP contribution in [0.25, 0.3) is 5.57 Å². The first-order chi connectivity index (χ1) is 12.7. The summed E-state index contributed by atoms with van der Waals surface area (Å²) < 4.78 is 0. The molecule has 0 aliphatic rings. The van der Waals surface area contributed by atoms with E-state index in [1.54, 1.807) is 7.05 Å². The summed E-state index contributed by atoms with van der Waals surface area (Å²) in [5.74, 6) is -0.205. The van der Waals surface area contributed by atoms with E-state index in [0.29, 0.717) is 17.3 Å². The Labute approximate surface area is 167 Å². The lowest BCUT2D eigenvalue weighted by Gasteiger charge is -2.19. The maximum atomic E-state index is 12.5. The number of carbonyl (C=O) groups excluding carboxylic acids is 1. The Hall–Kier alpha value is -2.39. The number of allylic oxidation sites excluding steroid dienone is 1. The van der Waals surface area contributed by atoms with Crippen molar-refractivity contribution in [1.29, 1.82) is 0 Å². The molecule has 0 spiro atoms. The van der Waals surface area contributed by atoms with E-state index in [4.69, 9.17) is 11.6 Å². The van der Waals surface area contributed by atoms with Gasteiger partial charge in [0.2, 0.25) is 0 Å². The quantitative estimate of drug-likeness (QED) is 0.688. The maximum Gasteiger partial charge on any atom is 0.269 e. The Morgan fingerprint density at radius 1 is 1.15 bits per heavy atom. The minimum absolute atomic E-state index is 0.117. The van der Waals surface area contributed by atoms with Crippen LogP contribution in [0, 0.1) is 0 Å². The second kappa shape index (κ2) is 9.01. The van der Waals surface area contributed by atoms with Gasteiger partial charge in [-0.1, -0.05) is 68.8 Å². The molecule has 27 heavy (non-hydrogen) atoms. The van der Waals surface area contributed by atoms with Gasteiger partial charge in [0.1, 0.15) is 5.71 Å². The Bertz CT molecular complexity index is 859. The molecule has 4 heteroatoms. The zero-order valence-corrected chi connectivity index (χ0v) is 17.4. The first-order valence-electron chi connectivity index (χ1n) is 8.99. The van der Waals surface area contributed by atoms with Crippen LogP contribution in [0.2, 0.25) is 5.02 Å². The van der Waals surface area contributed by atoms with Crippen molar-refractivity contribution in [3.8, 4) is 0 Å². The number of hydrogen-bond donors (Lipinski definition) is 1. The van der Waals surface area contributed by atoms with E-state index in [-0.39, 0.29) is 11.3 Å². The van der Waals surface area contributed by atoms with Crippen LogP contribution in [0.5, 0.6) is 0 Å². The van der Waals surface area contributed by atoms with Gasteiger partial charge in [-0.2, -0.15) is 0 Å². The highest BCUT2D eigenvalue weighted by Crippen LogP contribution is 2.24. The Morgan fingerprint density at radius 2 is 1.81 bits per heavy atom. The highest BCUT2D eigenvalue weighted by atomic mass is 35.5. The van der Waals surface area contributed by atoms with Crippen molar-refractivity contribution < 1.29 is 4.79 Å². The van der Waals surface area contributed by atoms with E-state index < -0.39 is 0 Å². The predicted octanol–water partition coefficient (Wildman–Crippen LogP) is 5.43. The Kier molecular flexibility index (Phi) is 6.98. The van der Waals surface area contributed by atoms with Crippen molar-refractivity contribution in [2.24, 2.45) is 4.99 Å². The number of rotatable bonds is 5. The highest BCUT2D eigenvalue weighted by molar-refractivity contribution is 6.44. The molecule has 0 aromatic heterocycles. The van der Waals surface area contributed by atoms with Crippen molar-refractivity contribution >= 4 is 28.8 Å². The number of amides is 1. The van der Waals surface area contributed by atoms with Gasteiger partial charge in [-0.05, 0) is 52.8 Å². The maximum absolute atomic E-state index is 12.5. The summed E-state index contributed by atoms with van der Waals surface area (Å²) in [6.45, 7) is 8.97. The standard InChI is InChI=1S/C23H27ClN2O/c1-16(18-9-11-19(12-10-18)23(2,3)4)13-21(25-5)22(27)26-15-17-7-6-8-20(24)14-17/h6-14H,15H2,1-5H3,(H,26,27)/b16-13+,25-21+. The van der Waals surface area contributed by atoms with Gasteiger partial charge in [0.25, 0.3) is 5.91 Å². The summed E-state index contributed by atoms with van der Waals surface area (Å²) in [5, 5.41) is 3.54. The van der Waals surface area contributed by atoms with Gasteiger partial charge in [-0.15, -0.1) is 0 Å². The van der Waals surface area contributed by atoms with Gasteiger partial charge in [0, 0.05) is 18.6 Å². The zero-order valence-electron chi connectivity index (χ0n) is 16.6.